The largest absolute Gasteiger partial charge is 0.510 e. The van der Waals surface area contributed by atoms with Gasteiger partial charge in [-0.1, -0.05) is 50.4 Å². The van der Waals surface area contributed by atoms with Gasteiger partial charge in [-0.25, -0.2) is 4.98 Å². The number of nitrogens with one attached hydrogen (secondary N) is 1. The number of aliphatic hydroxyl groups excluding tert-OH is 1. The third-order valence-electron chi connectivity index (χ3n) is 4.93. The maximum absolute atomic E-state index is 10.5. The van der Waals surface area contributed by atoms with Crippen LogP contribution in [0.1, 0.15) is 45.0 Å². The van der Waals surface area contributed by atoms with Gasteiger partial charge in [0, 0.05) is 22.0 Å². The maximum Gasteiger partial charge on any atom is 0.135 e. The monoisotopic (exact) mass is 403 g/mol. The molecule has 3 rings (SSSR count). The van der Waals surface area contributed by atoms with Crippen molar-refractivity contribution in [3.63, 3.8) is 0 Å². The SMILES string of the molecule is CC(C)CCC[C@H](C)N1CC(O)=C(c2nc(-c3ccc(Cl)cc3)cs2)C1=N. The van der Waals surface area contributed by atoms with Crippen molar-refractivity contribution in [2.75, 3.05) is 6.54 Å². The summed E-state index contributed by atoms with van der Waals surface area (Å²) in [6, 6.07) is 7.76. The summed E-state index contributed by atoms with van der Waals surface area (Å²) in [5.41, 5.74) is 2.38. The van der Waals surface area contributed by atoms with Gasteiger partial charge in [0.2, 0.25) is 0 Å². The van der Waals surface area contributed by atoms with Gasteiger partial charge in [0.1, 0.15) is 16.6 Å². The summed E-state index contributed by atoms with van der Waals surface area (Å²) < 4.78 is 0. The van der Waals surface area contributed by atoms with Gasteiger partial charge in [0.25, 0.3) is 0 Å². The zero-order valence-electron chi connectivity index (χ0n) is 16.0. The van der Waals surface area contributed by atoms with Crippen LogP contribution in [0.2, 0.25) is 5.02 Å². The second-order valence-corrected chi connectivity index (χ2v) is 8.81. The fourth-order valence-corrected chi connectivity index (χ4v) is 4.34. The Kier molecular flexibility index (Phi) is 6.22. The van der Waals surface area contributed by atoms with Crippen molar-refractivity contribution in [2.24, 2.45) is 5.92 Å². The van der Waals surface area contributed by atoms with Crippen molar-refractivity contribution in [1.82, 2.24) is 9.88 Å². The number of aliphatic hydroxyl groups is 1. The average Bonchev–Trinajstić information content (AvgIpc) is 3.19. The molecular formula is C21H26ClN3OS. The molecule has 1 aromatic heterocycles. The van der Waals surface area contributed by atoms with Crippen molar-refractivity contribution >= 4 is 34.3 Å². The first kappa shape index (κ1) is 19.9. The smallest absolute Gasteiger partial charge is 0.135 e. The molecule has 0 saturated heterocycles. The fourth-order valence-electron chi connectivity index (χ4n) is 3.32. The molecule has 0 saturated carbocycles. The third kappa shape index (κ3) is 4.53. The van der Waals surface area contributed by atoms with Gasteiger partial charge >= 0.3 is 0 Å². The minimum Gasteiger partial charge on any atom is -0.510 e. The van der Waals surface area contributed by atoms with E-state index in [9.17, 15) is 5.11 Å². The van der Waals surface area contributed by atoms with E-state index in [1.807, 2.05) is 34.5 Å². The first-order valence-electron chi connectivity index (χ1n) is 9.36. The molecule has 6 heteroatoms. The quantitative estimate of drug-likeness (QED) is 0.575. The Balaban J connectivity index is 1.72. The second-order valence-electron chi connectivity index (χ2n) is 7.52. The number of halogens is 1. The van der Waals surface area contributed by atoms with Crippen LogP contribution >= 0.6 is 22.9 Å². The van der Waals surface area contributed by atoms with Gasteiger partial charge in [-0.05, 0) is 31.4 Å². The van der Waals surface area contributed by atoms with Gasteiger partial charge in [-0.2, -0.15) is 0 Å². The predicted molar refractivity (Wildman–Crippen MR) is 115 cm³/mol. The van der Waals surface area contributed by atoms with E-state index >= 15 is 0 Å². The third-order valence-corrected chi connectivity index (χ3v) is 6.04. The highest BCUT2D eigenvalue weighted by atomic mass is 35.5. The molecule has 1 aliphatic heterocycles. The number of rotatable bonds is 7. The lowest BCUT2D eigenvalue weighted by Crippen LogP contribution is -2.35. The number of hydrogen-bond acceptors (Lipinski definition) is 4. The number of hydrogen-bond donors (Lipinski definition) is 2. The fraction of sp³-hybridized carbons (Fsp3) is 0.429. The van der Waals surface area contributed by atoms with Crippen molar-refractivity contribution in [3.05, 3.63) is 45.4 Å². The molecule has 0 spiro atoms. The summed E-state index contributed by atoms with van der Waals surface area (Å²) in [4.78, 5) is 6.64. The summed E-state index contributed by atoms with van der Waals surface area (Å²) in [5, 5.41) is 22.4. The van der Waals surface area contributed by atoms with E-state index in [0.29, 0.717) is 33.9 Å². The molecule has 0 amide bonds. The van der Waals surface area contributed by atoms with Crippen LogP contribution in [0.5, 0.6) is 0 Å². The minimum atomic E-state index is 0.228. The highest BCUT2D eigenvalue weighted by molar-refractivity contribution is 7.11. The van der Waals surface area contributed by atoms with Gasteiger partial charge in [0.05, 0.1) is 17.8 Å². The Morgan fingerprint density at radius 1 is 1.22 bits per heavy atom. The summed E-state index contributed by atoms with van der Waals surface area (Å²) >= 11 is 7.41. The number of nitrogens with zero attached hydrogens (tertiary/aromatic N) is 2. The first-order chi connectivity index (χ1) is 12.9. The molecule has 144 valence electrons. The van der Waals surface area contributed by atoms with Crippen molar-refractivity contribution in [3.8, 4) is 11.3 Å². The molecule has 0 bridgehead atoms. The van der Waals surface area contributed by atoms with Crippen LogP contribution in [0.3, 0.4) is 0 Å². The summed E-state index contributed by atoms with van der Waals surface area (Å²) in [5.74, 6) is 1.31. The topological polar surface area (TPSA) is 60.2 Å². The van der Waals surface area contributed by atoms with Crippen molar-refractivity contribution in [2.45, 2.75) is 46.1 Å². The molecule has 2 heterocycles. The van der Waals surface area contributed by atoms with Crippen LogP contribution in [-0.2, 0) is 0 Å². The molecule has 0 radical (unpaired) electrons. The first-order valence-corrected chi connectivity index (χ1v) is 10.6. The highest BCUT2D eigenvalue weighted by Crippen LogP contribution is 2.33. The van der Waals surface area contributed by atoms with Crippen molar-refractivity contribution < 1.29 is 5.11 Å². The Labute approximate surface area is 170 Å². The molecule has 4 nitrogen and oxygen atoms in total. The van der Waals surface area contributed by atoms with Crippen LogP contribution in [0.15, 0.2) is 35.4 Å². The van der Waals surface area contributed by atoms with Crippen molar-refractivity contribution in [1.29, 1.82) is 5.41 Å². The van der Waals surface area contributed by atoms with Crippen LogP contribution in [0, 0.1) is 11.3 Å². The lowest BCUT2D eigenvalue weighted by Gasteiger charge is -2.26. The number of thiazole rings is 1. The predicted octanol–water partition coefficient (Wildman–Crippen LogP) is 6.24. The van der Waals surface area contributed by atoms with Crippen LogP contribution in [0.4, 0.5) is 0 Å². The molecule has 0 fully saturated rings. The molecule has 1 aromatic carbocycles. The van der Waals surface area contributed by atoms with E-state index in [0.717, 1.165) is 24.1 Å². The van der Waals surface area contributed by atoms with E-state index in [-0.39, 0.29) is 11.8 Å². The van der Waals surface area contributed by atoms with Gasteiger partial charge < -0.3 is 10.0 Å². The Morgan fingerprint density at radius 2 is 1.93 bits per heavy atom. The van der Waals surface area contributed by atoms with E-state index in [1.165, 1.54) is 17.8 Å². The molecule has 2 N–H and O–H groups in total. The number of aromatic nitrogens is 1. The summed E-state index contributed by atoms with van der Waals surface area (Å²) in [7, 11) is 0. The molecule has 1 atom stereocenters. The molecule has 2 aromatic rings. The lowest BCUT2D eigenvalue weighted by atomic mass is 10.0. The van der Waals surface area contributed by atoms with Crippen LogP contribution in [0.25, 0.3) is 16.8 Å². The normalized spacial score (nSPS) is 15.9. The Morgan fingerprint density at radius 3 is 2.59 bits per heavy atom. The summed E-state index contributed by atoms with van der Waals surface area (Å²) in [6.45, 7) is 6.99. The van der Waals surface area contributed by atoms with E-state index in [1.54, 1.807) is 0 Å². The summed E-state index contributed by atoms with van der Waals surface area (Å²) in [6.07, 6.45) is 3.35. The Hall–Kier alpha value is -1.85. The number of amidine groups is 1. The lowest BCUT2D eigenvalue weighted by molar-refractivity contribution is 0.289. The van der Waals surface area contributed by atoms with Gasteiger partial charge in [0.15, 0.2) is 0 Å². The molecular weight excluding hydrogens is 378 g/mol. The van der Waals surface area contributed by atoms with E-state index in [4.69, 9.17) is 17.0 Å². The zero-order valence-corrected chi connectivity index (χ0v) is 17.6. The zero-order chi connectivity index (χ0) is 19.6. The van der Waals surface area contributed by atoms with Gasteiger partial charge in [-0.15, -0.1) is 11.3 Å². The van der Waals surface area contributed by atoms with Crippen LogP contribution < -0.4 is 0 Å². The maximum atomic E-state index is 10.5. The van der Waals surface area contributed by atoms with E-state index < -0.39 is 0 Å². The highest BCUT2D eigenvalue weighted by Gasteiger charge is 2.32. The minimum absolute atomic E-state index is 0.228. The van der Waals surface area contributed by atoms with Crippen LogP contribution in [-0.4, -0.2) is 33.4 Å². The Bertz CT molecular complexity index is 841. The second kappa shape index (κ2) is 8.44. The molecule has 0 unspecified atom stereocenters. The molecule has 0 aliphatic carbocycles. The standard InChI is InChI=1S/C21H26ClN3OS/c1-13(2)5-4-6-14(3)25-11-18(26)19(20(25)23)21-24-17(12-27-21)15-7-9-16(22)10-8-15/h7-10,12-14,23,26H,4-6,11H2,1-3H3/t14-/m0/s1. The number of benzene rings is 1. The average molecular weight is 404 g/mol. The van der Waals surface area contributed by atoms with Gasteiger partial charge in [-0.3, -0.25) is 5.41 Å². The molecule has 27 heavy (non-hydrogen) atoms. The molecule has 1 aliphatic rings. The van der Waals surface area contributed by atoms with E-state index in [2.05, 4.69) is 25.8 Å².